The third-order valence-corrected chi connectivity index (χ3v) is 5.78. The molecule has 0 aliphatic carbocycles. The molecule has 1 aromatic heterocycles. The molecule has 0 unspecified atom stereocenters. The molecule has 0 spiro atoms. The van der Waals surface area contributed by atoms with E-state index in [4.69, 9.17) is 0 Å². The van der Waals surface area contributed by atoms with Crippen molar-refractivity contribution in [2.75, 3.05) is 13.3 Å². The quantitative estimate of drug-likeness (QED) is 0.516. The van der Waals surface area contributed by atoms with Crippen LogP contribution in [-0.2, 0) is 9.84 Å². The Morgan fingerprint density at radius 1 is 1.21 bits per heavy atom. The van der Waals surface area contributed by atoms with Crippen molar-refractivity contribution in [2.24, 2.45) is 0 Å². The summed E-state index contributed by atoms with van der Waals surface area (Å²) in [6.45, 7) is 1.80. The number of carbonyl (C=O) groups excluding carboxylic acids is 1. The number of nitro groups is 1. The van der Waals surface area contributed by atoms with Crippen molar-refractivity contribution in [1.82, 2.24) is 15.1 Å². The van der Waals surface area contributed by atoms with E-state index in [9.17, 15) is 23.3 Å². The summed E-state index contributed by atoms with van der Waals surface area (Å²) in [6, 6.07) is 10.1. The molecule has 0 aliphatic heterocycles. The highest BCUT2D eigenvalue weighted by molar-refractivity contribution is 7.90. The number of amides is 1. The second kappa shape index (κ2) is 7.04. The van der Waals surface area contributed by atoms with E-state index in [1.165, 1.54) is 35.2 Å². The van der Waals surface area contributed by atoms with Gasteiger partial charge in [0.05, 0.1) is 21.4 Å². The molecule has 0 radical (unpaired) electrons. The Labute approximate surface area is 161 Å². The first-order valence-electron chi connectivity index (χ1n) is 8.29. The van der Waals surface area contributed by atoms with Crippen LogP contribution in [0.1, 0.15) is 29.0 Å². The van der Waals surface area contributed by atoms with Gasteiger partial charge in [-0.3, -0.25) is 20.0 Å². The van der Waals surface area contributed by atoms with Gasteiger partial charge in [-0.25, -0.2) is 8.42 Å². The maximum absolute atomic E-state index is 12.9. The van der Waals surface area contributed by atoms with Gasteiger partial charge in [-0.2, -0.15) is 5.10 Å². The Hall–Kier alpha value is -3.27. The van der Waals surface area contributed by atoms with Crippen LogP contribution in [0.2, 0.25) is 0 Å². The number of aromatic amines is 1. The smallest absolute Gasteiger partial charge is 0.275 e. The molecule has 10 heteroatoms. The van der Waals surface area contributed by atoms with Gasteiger partial charge in [-0.1, -0.05) is 12.1 Å². The zero-order chi connectivity index (χ0) is 20.6. The van der Waals surface area contributed by atoms with E-state index in [-0.39, 0.29) is 22.3 Å². The standard InChI is InChI=1S/C18H18N4O5S/c1-11(12-4-7-14(8-5-12)28(3,26)27)21(2)18(23)17-15-10-13(22(24)25)6-9-16(15)19-20-17/h4-11H,1-3H3,(H,19,20)/t11-/m0/s1. The van der Waals surface area contributed by atoms with Crippen LogP contribution in [0.15, 0.2) is 47.4 Å². The van der Waals surface area contributed by atoms with E-state index in [1.54, 1.807) is 26.1 Å². The molecule has 3 aromatic rings. The van der Waals surface area contributed by atoms with Gasteiger partial charge in [-0.15, -0.1) is 0 Å². The molecule has 0 bridgehead atoms. The number of nitro benzene ring substituents is 1. The van der Waals surface area contributed by atoms with Crippen LogP contribution in [0.4, 0.5) is 5.69 Å². The normalized spacial score (nSPS) is 12.7. The topological polar surface area (TPSA) is 126 Å². The van der Waals surface area contributed by atoms with Crippen LogP contribution >= 0.6 is 0 Å². The molecule has 0 fully saturated rings. The Morgan fingerprint density at radius 2 is 1.86 bits per heavy atom. The largest absolute Gasteiger partial charge is 0.334 e. The molecule has 2 aromatic carbocycles. The molecular weight excluding hydrogens is 384 g/mol. The second-order valence-electron chi connectivity index (χ2n) is 6.49. The Morgan fingerprint density at radius 3 is 2.43 bits per heavy atom. The van der Waals surface area contributed by atoms with Crippen molar-refractivity contribution < 1.29 is 18.1 Å². The van der Waals surface area contributed by atoms with Crippen molar-refractivity contribution in [1.29, 1.82) is 0 Å². The maximum Gasteiger partial charge on any atom is 0.275 e. The monoisotopic (exact) mass is 402 g/mol. The minimum Gasteiger partial charge on any atom is -0.334 e. The zero-order valence-corrected chi connectivity index (χ0v) is 16.2. The number of nitrogens with zero attached hydrogens (tertiary/aromatic N) is 3. The van der Waals surface area contributed by atoms with Gasteiger partial charge in [0.1, 0.15) is 0 Å². The summed E-state index contributed by atoms with van der Waals surface area (Å²) in [5.41, 5.74) is 1.22. The van der Waals surface area contributed by atoms with Crippen LogP contribution < -0.4 is 0 Å². The molecule has 0 aliphatic rings. The highest BCUT2D eigenvalue weighted by Gasteiger charge is 2.24. The number of hydrogen-bond acceptors (Lipinski definition) is 6. The first-order chi connectivity index (χ1) is 13.1. The third kappa shape index (κ3) is 3.58. The van der Waals surface area contributed by atoms with E-state index < -0.39 is 20.7 Å². The summed E-state index contributed by atoms with van der Waals surface area (Å²) in [7, 11) is -1.71. The van der Waals surface area contributed by atoms with Crippen molar-refractivity contribution in [2.45, 2.75) is 17.9 Å². The van der Waals surface area contributed by atoms with Gasteiger partial charge in [0, 0.05) is 30.8 Å². The van der Waals surface area contributed by atoms with Crippen molar-refractivity contribution in [3.63, 3.8) is 0 Å². The van der Waals surface area contributed by atoms with Gasteiger partial charge in [-0.05, 0) is 30.7 Å². The lowest BCUT2D eigenvalue weighted by Gasteiger charge is -2.25. The second-order valence-corrected chi connectivity index (χ2v) is 8.51. The lowest BCUT2D eigenvalue weighted by molar-refractivity contribution is -0.384. The Bertz CT molecular complexity index is 1170. The summed E-state index contributed by atoms with van der Waals surface area (Å²) in [4.78, 5) is 25.0. The van der Waals surface area contributed by atoms with Gasteiger partial charge < -0.3 is 4.90 Å². The number of hydrogen-bond donors (Lipinski definition) is 1. The number of aromatic nitrogens is 2. The number of nitrogens with one attached hydrogen (secondary N) is 1. The number of carbonyl (C=O) groups is 1. The minimum absolute atomic E-state index is 0.0841. The molecule has 0 saturated carbocycles. The van der Waals surface area contributed by atoms with Crippen LogP contribution in [0, 0.1) is 10.1 Å². The van der Waals surface area contributed by atoms with Crippen molar-refractivity contribution >= 4 is 32.3 Å². The van der Waals surface area contributed by atoms with E-state index in [2.05, 4.69) is 10.2 Å². The fourth-order valence-electron chi connectivity index (χ4n) is 2.84. The molecule has 1 heterocycles. The zero-order valence-electron chi connectivity index (χ0n) is 15.4. The van der Waals surface area contributed by atoms with Crippen molar-refractivity contribution in [3.05, 3.63) is 63.8 Å². The summed E-state index contributed by atoms with van der Waals surface area (Å²) in [5.74, 6) is -0.411. The van der Waals surface area contributed by atoms with Crippen LogP contribution in [0.3, 0.4) is 0 Å². The predicted molar refractivity (Wildman–Crippen MR) is 103 cm³/mol. The fraction of sp³-hybridized carbons (Fsp3) is 0.222. The first-order valence-corrected chi connectivity index (χ1v) is 10.2. The number of sulfone groups is 1. The van der Waals surface area contributed by atoms with E-state index in [1.807, 2.05) is 0 Å². The van der Waals surface area contributed by atoms with E-state index >= 15 is 0 Å². The lowest BCUT2D eigenvalue weighted by Crippen LogP contribution is -2.30. The highest BCUT2D eigenvalue weighted by atomic mass is 32.2. The third-order valence-electron chi connectivity index (χ3n) is 4.65. The molecule has 1 amide bonds. The Balaban J connectivity index is 1.91. The van der Waals surface area contributed by atoms with E-state index in [0.717, 1.165) is 11.8 Å². The summed E-state index contributed by atoms with van der Waals surface area (Å²) in [5, 5.41) is 18.1. The minimum atomic E-state index is -3.30. The fourth-order valence-corrected chi connectivity index (χ4v) is 3.47. The number of rotatable bonds is 5. The SMILES string of the molecule is C[C@@H](c1ccc(S(C)(=O)=O)cc1)N(C)C(=O)c1n[nH]c2ccc([N+](=O)[O-])cc12. The van der Waals surface area contributed by atoms with E-state index in [0.29, 0.717) is 10.9 Å². The average molecular weight is 402 g/mol. The molecule has 146 valence electrons. The van der Waals surface area contributed by atoms with Crippen molar-refractivity contribution in [3.8, 4) is 0 Å². The van der Waals surface area contributed by atoms with Gasteiger partial charge in [0.15, 0.2) is 15.5 Å². The number of non-ortho nitro benzene ring substituents is 1. The summed E-state index contributed by atoms with van der Waals surface area (Å²) in [6.07, 6.45) is 1.13. The molecular formula is C18H18N4O5S. The number of H-pyrrole nitrogens is 1. The number of benzene rings is 2. The molecule has 1 atom stereocenters. The Kier molecular flexibility index (Phi) is 4.90. The summed E-state index contributed by atoms with van der Waals surface area (Å²) < 4.78 is 23.2. The maximum atomic E-state index is 12.9. The molecule has 28 heavy (non-hydrogen) atoms. The van der Waals surface area contributed by atoms with Crippen LogP contribution in [-0.4, -0.2) is 47.6 Å². The van der Waals surface area contributed by atoms with Crippen LogP contribution in [0.5, 0.6) is 0 Å². The predicted octanol–water partition coefficient (Wildman–Crippen LogP) is 2.71. The molecule has 1 N–H and O–H groups in total. The molecule has 3 rings (SSSR count). The van der Waals surface area contributed by atoms with Crippen LogP contribution in [0.25, 0.3) is 10.9 Å². The number of fused-ring (bicyclic) bond motifs is 1. The highest BCUT2D eigenvalue weighted by Crippen LogP contribution is 2.26. The lowest BCUT2D eigenvalue weighted by atomic mass is 10.1. The van der Waals surface area contributed by atoms with Gasteiger partial charge in [0.25, 0.3) is 11.6 Å². The first kappa shape index (κ1) is 19.5. The molecule has 9 nitrogen and oxygen atoms in total. The molecule has 0 saturated heterocycles. The average Bonchev–Trinajstić information content (AvgIpc) is 3.08. The van der Waals surface area contributed by atoms with Gasteiger partial charge >= 0.3 is 0 Å². The van der Waals surface area contributed by atoms with Gasteiger partial charge in [0.2, 0.25) is 0 Å². The summed E-state index contributed by atoms with van der Waals surface area (Å²) >= 11 is 0.